The summed E-state index contributed by atoms with van der Waals surface area (Å²) in [5.41, 5.74) is 0.889. The van der Waals surface area contributed by atoms with Crippen molar-refractivity contribution in [2.45, 2.75) is 25.8 Å². The van der Waals surface area contributed by atoms with Crippen molar-refractivity contribution in [2.75, 3.05) is 27.2 Å². The summed E-state index contributed by atoms with van der Waals surface area (Å²) in [4.78, 5) is 25.5. The van der Waals surface area contributed by atoms with Gasteiger partial charge in [-0.25, -0.2) is 0 Å². The van der Waals surface area contributed by atoms with Crippen LogP contribution in [0.25, 0.3) is 0 Å². The quantitative estimate of drug-likeness (QED) is 0.772. The normalized spacial score (nSPS) is 12.3. The second kappa shape index (κ2) is 8.42. The molecule has 1 atom stereocenters. The molecule has 0 aliphatic carbocycles. The average molecular weight is 292 g/mol. The molecule has 5 nitrogen and oxygen atoms in total. The second-order valence-electron chi connectivity index (χ2n) is 5.41. The molecule has 0 saturated heterocycles. The Hall–Kier alpha value is -1.88. The molecule has 0 spiro atoms. The first-order valence-corrected chi connectivity index (χ1v) is 7.04. The zero-order chi connectivity index (χ0) is 15.8. The lowest BCUT2D eigenvalue weighted by Gasteiger charge is -2.22. The first-order chi connectivity index (χ1) is 9.93. The molecule has 0 heterocycles. The zero-order valence-electron chi connectivity index (χ0n) is 13.1. The van der Waals surface area contributed by atoms with E-state index in [-0.39, 0.29) is 24.5 Å². The zero-order valence-corrected chi connectivity index (χ0v) is 13.1. The number of likely N-dealkylation sites (N-methyl/N-ethyl adjacent to an activating group) is 1. The smallest absolute Gasteiger partial charge is 0.314 e. The van der Waals surface area contributed by atoms with Crippen LogP contribution in [0.1, 0.15) is 25.3 Å². The summed E-state index contributed by atoms with van der Waals surface area (Å²) in [6, 6.07) is 9.56. The minimum Gasteiger partial charge on any atom is -0.469 e. The van der Waals surface area contributed by atoms with Crippen molar-refractivity contribution in [1.29, 1.82) is 0 Å². The van der Waals surface area contributed by atoms with Gasteiger partial charge in [-0.1, -0.05) is 30.3 Å². The van der Waals surface area contributed by atoms with Crippen molar-refractivity contribution >= 4 is 11.9 Å². The molecule has 21 heavy (non-hydrogen) atoms. The summed E-state index contributed by atoms with van der Waals surface area (Å²) in [6.07, 6.45) is 0. The number of carbonyl (C=O) groups excluding carboxylic acids is 2. The van der Waals surface area contributed by atoms with E-state index in [0.29, 0.717) is 6.54 Å². The Bertz CT molecular complexity index is 460. The predicted molar refractivity (Wildman–Crippen MR) is 82.0 cm³/mol. The molecule has 116 valence electrons. The van der Waals surface area contributed by atoms with Crippen LogP contribution in [0.3, 0.4) is 0 Å². The van der Waals surface area contributed by atoms with Gasteiger partial charge in [-0.2, -0.15) is 0 Å². The van der Waals surface area contributed by atoms with Crippen LogP contribution in [0, 0.1) is 0 Å². The van der Waals surface area contributed by atoms with Crippen LogP contribution in [0.2, 0.25) is 0 Å². The molecule has 0 saturated carbocycles. The fraction of sp³-hybridized carbons (Fsp3) is 0.500. The van der Waals surface area contributed by atoms with Gasteiger partial charge in [-0.3, -0.25) is 14.5 Å². The van der Waals surface area contributed by atoms with E-state index in [1.807, 2.05) is 56.1 Å². The van der Waals surface area contributed by atoms with E-state index < -0.39 is 5.92 Å². The lowest BCUT2D eigenvalue weighted by Crippen LogP contribution is -2.40. The van der Waals surface area contributed by atoms with E-state index in [1.54, 1.807) is 0 Å². The summed E-state index contributed by atoms with van der Waals surface area (Å²) >= 11 is 0. The van der Waals surface area contributed by atoms with Crippen LogP contribution in [0.15, 0.2) is 30.3 Å². The number of methoxy groups -OCH3 is 1. The summed E-state index contributed by atoms with van der Waals surface area (Å²) in [5.74, 6) is -0.741. The number of nitrogens with zero attached hydrogens (tertiary/aromatic N) is 1. The molecule has 5 heteroatoms. The highest BCUT2D eigenvalue weighted by Crippen LogP contribution is 2.18. The van der Waals surface area contributed by atoms with E-state index in [1.165, 1.54) is 7.11 Å². The minimum atomic E-state index is -0.395. The molecule has 0 fully saturated rings. The van der Waals surface area contributed by atoms with Gasteiger partial charge >= 0.3 is 5.97 Å². The van der Waals surface area contributed by atoms with Gasteiger partial charge in [0.15, 0.2) is 0 Å². The molecule has 0 bridgehead atoms. The Kier molecular flexibility index (Phi) is 6.88. The second-order valence-corrected chi connectivity index (χ2v) is 5.41. The number of hydrogen-bond donors (Lipinski definition) is 1. The number of ether oxygens (including phenoxy) is 1. The Labute approximate surface area is 126 Å². The highest BCUT2D eigenvalue weighted by atomic mass is 16.5. The molecule has 1 aromatic rings. The largest absolute Gasteiger partial charge is 0.469 e. The Morgan fingerprint density at radius 2 is 1.86 bits per heavy atom. The molecule has 0 aliphatic rings. The summed E-state index contributed by atoms with van der Waals surface area (Å²) in [6.45, 7) is 4.51. The molecule has 0 aliphatic heterocycles. The van der Waals surface area contributed by atoms with Gasteiger partial charge in [-0.05, 0) is 26.5 Å². The fourth-order valence-electron chi connectivity index (χ4n) is 2.13. The molecule has 0 aromatic heterocycles. The lowest BCUT2D eigenvalue weighted by atomic mass is 9.99. The van der Waals surface area contributed by atoms with Crippen molar-refractivity contribution in [1.82, 2.24) is 10.2 Å². The number of esters is 1. The van der Waals surface area contributed by atoms with E-state index in [4.69, 9.17) is 4.74 Å². The molecule has 1 N–H and O–H groups in total. The summed E-state index contributed by atoms with van der Waals surface area (Å²) in [5, 5.41) is 2.83. The maximum Gasteiger partial charge on any atom is 0.314 e. The van der Waals surface area contributed by atoms with Gasteiger partial charge in [0.2, 0.25) is 5.91 Å². The van der Waals surface area contributed by atoms with Crippen LogP contribution in [-0.2, 0) is 14.3 Å². The van der Waals surface area contributed by atoms with Gasteiger partial charge in [-0.15, -0.1) is 0 Å². The van der Waals surface area contributed by atoms with Gasteiger partial charge in [0.25, 0.3) is 0 Å². The maximum absolute atomic E-state index is 12.0. The number of amides is 1. The predicted octanol–water partition coefficient (Wildman–Crippen LogP) is 1.40. The van der Waals surface area contributed by atoms with Crippen molar-refractivity contribution in [3.8, 4) is 0 Å². The number of rotatable bonds is 7. The lowest BCUT2D eigenvalue weighted by molar-refractivity contribution is -0.143. The van der Waals surface area contributed by atoms with Gasteiger partial charge < -0.3 is 10.1 Å². The molecule has 1 rings (SSSR count). The first-order valence-electron chi connectivity index (χ1n) is 7.04. The fourth-order valence-corrected chi connectivity index (χ4v) is 2.13. The van der Waals surface area contributed by atoms with Crippen LogP contribution in [0.4, 0.5) is 0 Å². The monoisotopic (exact) mass is 292 g/mol. The number of carbonyl (C=O) groups is 2. The number of hydrogen-bond acceptors (Lipinski definition) is 4. The SMILES string of the molecule is COC(=O)C(CN(C)CC(=O)NC(C)C)c1ccccc1. The van der Waals surface area contributed by atoms with Crippen LogP contribution < -0.4 is 5.32 Å². The summed E-state index contributed by atoms with van der Waals surface area (Å²) in [7, 11) is 3.20. The molecule has 1 aromatic carbocycles. The third kappa shape index (κ3) is 5.95. The molecule has 1 amide bonds. The van der Waals surface area contributed by atoms with Crippen LogP contribution >= 0.6 is 0 Å². The first kappa shape index (κ1) is 17.2. The standard InChI is InChI=1S/C16H24N2O3/c1-12(2)17-15(19)11-18(3)10-14(16(20)21-4)13-8-6-5-7-9-13/h5-9,12,14H,10-11H2,1-4H3,(H,17,19). The molecule has 0 radical (unpaired) electrons. The third-order valence-electron chi connectivity index (χ3n) is 3.05. The van der Waals surface area contributed by atoms with Gasteiger partial charge in [0.1, 0.15) is 0 Å². The Morgan fingerprint density at radius 1 is 1.24 bits per heavy atom. The van der Waals surface area contributed by atoms with E-state index in [0.717, 1.165) is 5.56 Å². The van der Waals surface area contributed by atoms with Crippen molar-refractivity contribution in [3.05, 3.63) is 35.9 Å². The number of benzene rings is 1. The van der Waals surface area contributed by atoms with Gasteiger partial charge in [0, 0.05) is 12.6 Å². The maximum atomic E-state index is 12.0. The molecule has 1 unspecified atom stereocenters. The highest BCUT2D eigenvalue weighted by Gasteiger charge is 2.23. The van der Waals surface area contributed by atoms with E-state index >= 15 is 0 Å². The van der Waals surface area contributed by atoms with E-state index in [9.17, 15) is 9.59 Å². The van der Waals surface area contributed by atoms with Gasteiger partial charge in [0.05, 0.1) is 19.6 Å². The van der Waals surface area contributed by atoms with Crippen molar-refractivity contribution in [3.63, 3.8) is 0 Å². The topological polar surface area (TPSA) is 58.6 Å². The molecular weight excluding hydrogens is 268 g/mol. The van der Waals surface area contributed by atoms with Crippen LogP contribution in [0.5, 0.6) is 0 Å². The minimum absolute atomic E-state index is 0.0517. The average Bonchev–Trinajstić information content (AvgIpc) is 2.43. The summed E-state index contributed by atoms with van der Waals surface area (Å²) < 4.78 is 4.87. The molecular formula is C16H24N2O3. The van der Waals surface area contributed by atoms with Crippen LogP contribution in [-0.4, -0.2) is 50.1 Å². The van der Waals surface area contributed by atoms with E-state index in [2.05, 4.69) is 5.32 Å². The Morgan fingerprint density at radius 3 is 2.38 bits per heavy atom. The number of nitrogens with one attached hydrogen (secondary N) is 1. The third-order valence-corrected chi connectivity index (χ3v) is 3.05. The van der Waals surface area contributed by atoms with Crippen molar-refractivity contribution < 1.29 is 14.3 Å². The van der Waals surface area contributed by atoms with Crippen molar-refractivity contribution in [2.24, 2.45) is 0 Å². The highest BCUT2D eigenvalue weighted by molar-refractivity contribution is 5.79. The Balaban J connectivity index is 2.69.